The summed E-state index contributed by atoms with van der Waals surface area (Å²) in [5, 5.41) is 0. The molecule has 0 spiro atoms. The van der Waals surface area contributed by atoms with E-state index in [4.69, 9.17) is 0 Å². The van der Waals surface area contributed by atoms with Gasteiger partial charge >= 0.3 is 0 Å². The van der Waals surface area contributed by atoms with Gasteiger partial charge in [-0.1, -0.05) is 0 Å². The Morgan fingerprint density at radius 2 is 1.91 bits per heavy atom. The molecule has 4 nitrogen and oxygen atoms in total. The van der Waals surface area contributed by atoms with E-state index in [1.165, 1.54) is 11.0 Å². The molecule has 1 aliphatic heterocycles. The molecule has 1 heterocycles. The monoisotopic (exact) mass is 310 g/mol. The fourth-order valence-corrected chi connectivity index (χ4v) is 2.81. The van der Waals surface area contributed by atoms with E-state index >= 15 is 0 Å². The average Bonchev–Trinajstić information content (AvgIpc) is 2.99. The van der Waals surface area contributed by atoms with Gasteiger partial charge in [0, 0.05) is 25.2 Å². The molecule has 0 aromatic heterocycles. The second-order valence-corrected chi connectivity index (χ2v) is 5.30. The lowest BCUT2D eigenvalue weighted by atomic mass is 10.1. The molecule has 0 aliphatic carbocycles. The standard InChI is InChI=1S/C16H20F2N2O2/c1-3-19(4-2)16(22)14-6-5-9-20(14)15(21)11-7-8-12(17)13(18)10-11/h7-8,10,14H,3-6,9H2,1-2H3/t14-/m1/s1. The maximum Gasteiger partial charge on any atom is 0.254 e. The number of carbonyl (C=O) groups is 2. The molecule has 1 atom stereocenters. The Morgan fingerprint density at radius 1 is 1.23 bits per heavy atom. The van der Waals surface area contributed by atoms with E-state index in [9.17, 15) is 18.4 Å². The number of likely N-dealkylation sites (N-methyl/N-ethyl adjacent to an activating group) is 1. The van der Waals surface area contributed by atoms with Gasteiger partial charge in [0.05, 0.1) is 0 Å². The minimum absolute atomic E-state index is 0.0677. The minimum Gasteiger partial charge on any atom is -0.341 e. The molecule has 2 rings (SSSR count). The predicted octanol–water partition coefficient (Wildman–Crippen LogP) is 2.44. The van der Waals surface area contributed by atoms with Crippen molar-refractivity contribution < 1.29 is 18.4 Å². The first kappa shape index (κ1) is 16.4. The Labute approximate surface area is 128 Å². The van der Waals surface area contributed by atoms with Crippen LogP contribution in [0.25, 0.3) is 0 Å². The van der Waals surface area contributed by atoms with Gasteiger partial charge in [-0.2, -0.15) is 0 Å². The number of rotatable bonds is 4. The van der Waals surface area contributed by atoms with E-state index in [1.54, 1.807) is 4.90 Å². The molecule has 22 heavy (non-hydrogen) atoms. The zero-order chi connectivity index (χ0) is 16.3. The van der Waals surface area contributed by atoms with Crippen LogP contribution in [0.3, 0.4) is 0 Å². The highest BCUT2D eigenvalue weighted by atomic mass is 19.2. The van der Waals surface area contributed by atoms with Crippen LogP contribution in [0.4, 0.5) is 8.78 Å². The Bertz CT molecular complexity index is 573. The van der Waals surface area contributed by atoms with Crippen molar-refractivity contribution in [2.75, 3.05) is 19.6 Å². The quantitative estimate of drug-likeness (QED) is 0.857. The first-order chi connectivity index (χ1) is 10.5. The van der Waals surface area contributed by atoms with Crippen molar-refractivity contribution >= 4 is 11.8 Å². The summed E-state index contributed by atoms with van der Waals surface area (Å²) in [4.78, 5) is 28.1. The summed E-state index contributed by atoms with van der Waals surface area (Å²) in [5.41, 5.74) is 0.0677. The third kappa shape index (κ3) is 3.10. The lowest BCUT2D eigenvalue weighted by Crippen LogP contribution is -2.47. The first-order valence-corrected chi connectivity index (χ1v) is 7.54. The van der Waals surface area contributed by atoms with Crippen molar-refractivity contribution in [3.05, 3.63) is 35.4 Å². The number of benzene rings is 1. The van der Waals surface area contributed by atoms with E-state index in [1.807, 2.05) is 13.8 Å². The fraction of sp³-hybridized carbons (Fsp3) is 0.500. The molecular weight excluding hydrogens is 290 g/mol. The number of nitrogens with zero attached hydrogens (tertiary/aromatic N) is 2. The molecule has 120 valence electrons. The van der Waals surface area contributed by atoms with E-state index in [0.717, 1.165) is 18.6 Å². The number of hydrogen-bond donors (Lipinski definition) is 0. The Balaban J connectivity index is 2.20. The second-order valence-electron chi connectivity index (χ2n) is 5.30. The third-order valence-corrected chi connectivity index (χ3v) is 4.04. The molecule has 0 bridgehead atoms. The normalized spacial score (nSPS) is 17.6. The molecule has 0 unspecified atom stereocenters. The maximum atomic E-state index is 13.3. The highest BCUT2D eigenvalue weighted by Crippen LogP contribution is 2.22. The summed E-state index contributed by atoms with van der Waals surface area (Å²) in [6.45, 7) is 5.39. The van der Waals surface area contributed by atoms with E-state index in [-0.39, 0.29) is 11.5 Å². The van der Waals surface area contributed by atoms with Gasteiger partial charge in [0.1, 0.15) is 6.04 Å². The highest BCUT2D eigenvalue weighted by molar-refractivity contribution is 5.98. The summed E-state index contributed by atoms with van der Waals surface area (Å²) in [6.07, 6.45) is 1.33. The van der Waals surface area contributed by atoms with Gasteiger partial charge in [-0.15, -0.1) is 0 Å². The lowest BCUT2D eigenvalue weighted by Gasteiger charge is -2.29. The van der Waals surface area contributed by atoms with Crippen LogP contribution in [0.1, 0.15) is 37.0 Å². The van der Waals surface area contributed by atoms with Crippen LogP contribution in [0, 0.1) is 11.6 Å². The molecule has 1 aromatic rings. The van der Waals surface area contributed by atoms with Gasteiger partial charge in [-0.3, -0.25) is 9.59 Å². The van der Waals surface area contributed by atoms with Gasteiger partial charge in [-0.05, 0) is 44.9 Å². The van der Waals surface area contributed by atoms with Crippen molar-refractivity contribution in [1.82, 2.24) is 9.80 Å². The number of likely N-dealkylation sites (tertiary alicyclic amines) is 1. The number of halogens is 2. The minimum atomic E-state index is -1.06. The van der Waals surface area contributed by atoms with Crippen LogP contribution < -0.4 is 0 Å². The summed E-state index contributed by atoms with van der Waals surface area (Å²) in [6, 6.07) is 2.55. The van der Waals surface area contributed by atoms with Crippen LogP contribution in [0.15, 0.2) is 18.2 Å². The SMILES string of the molecule is CCN(CC)C(=O)[C@H]1CCCN1C(=O)c1ccc(F)c(F)c1. The van der Waals surface area contributed by atoms with Crippen molar-refractivity contribution in [2.24, 2.45) is 0 Å². The van der Waals surface area contributed by atoms with Crippen LogP contribution in [-0.2, 0) is 4.79 Å². The predicted molar refractivity (Wildman–Crippen MR) is 78.3 cm³/mol. The Morgan fingerprint density at radius 3 is 2.50 bits per heavy atom. The Hall–Kier alpha value is -1.98. The van der Waals surface area contributed by atoms with Crippen LogP contribution in [0.2, 0.25) is 0 Å². The van der Waals surface area contributed by atoms with Crippen molar-refractivity contribution in [2.45, 2.75) is 32.7 Å². The summed E-state index contributed by atoms with van der Waals surface area (Å²) in [7, 11) is 0. The van der Waals surface area contributed by atoms with Crippen molar-refractivity contribution in [1.29, 1.82) is 0 Å². The van der Waals surface area contributed by atoms with Crippen molar-refractivity contribution in [3.8, 4) is 0 Å². The topological polar surface area (TPSA) is 40.6 Å². The summed E-state index contributed by atoms with van der Waals surface area (Å²) >= 11 is 0. The molecule has 2 amide bonds. The smallest absolute Gasteiger partial charge is 0.254 e. The third-order valence-electron chi connectivity index (χ3n) is 4.04. The molecule has 1 aliphatic rings. The zero-order valence-corrected chi connectivity index (χ0v) is 12.8. The number of amides is 2. The van der Waals surface area contributed by atoms with Gasteiger partial charge in [-0.25, -0.2) is 8.78 Å². The fourth-order valence-electron chi connectivity index (χ4n) is 2.81. The molecule has 1 fully saturated rings. The lowest BCUT2D eigenvalue weighted by molar-refractivity contribution is -0.134. The molecule has 0 radical (unpaired) electrons. The zero-order valence-electron chi connectivity index (χ0n) is 12.8. The molecule has 0 saturated carbocycles. The second kappa shape index (κ2) is 6.85. The van der Waals surface area contributed by atoms with Gasteiger partial charge in [0.15, 0.2) is 11.6 Å². The van der Waals surface area contributed by atoms with E-state index < -0.39 is 23.6 Å². The van der Waals surface area contributed by atoms with Gasteiger partial charge in [0.25, 0.3) is 5.91 Å². The Kier molecular flexibility index (Phi) is 5.11. The average molecular weight is 310 g/mol. The maximum absolute atomic E-state index is 13.3. The van der Waals surface area contributed by atoms with E-state index in [0.29, 0.717) is 26.1 Å². The largest absolute Gasteiger partial charge is 0.341 e. The molecule has 1 saturated heterocycles. The first-order valence-electron chi connectivity index (χ1n) is 7.54. The van der Waals surface area contributed by atoms with Crippen LogP contribution in [0.5, 0.6) is 0 Å². The highest BCUT2D eigenvalue weighted by Gasteiger charge is 2.36. The molecule has 0 N–H and O–H groups in total. The van der Waals surface area contributed by atoms with Crippen LogP contribution in [-0.4, -0.2) is 47.3 Å². The van der Waals surface area contributed by atoms with Gasteiger partial charge in [0.2, 0.25) is 5.91 Å². The van der Waals surface area contributed by atoms with Crippen molar-refractivity contribution in [3.63, 3.8) is 0 Å². The molecule has 1 aromatic carbocycles. The van der Waals surface area contributed by atoms with Gasteiger partial charge < -0.3 is 9.80 Å². The number of hydrogen-bond acceptors (Lipinski definition) is 2. The van der Waals surface area contributed by atoms with Crippen LogP contribution >= 0.6 is 0 Å². The molecular formula is C16H20F2N2O2. The molecule has 6 heteroatoms. The van der Waals surface area contributed by atoms with E-state index in [2.05, 4.69) is 0 Å². The summed E-state index contributed by atoms with van der Waals surface area (Å²) < 4.78 is 26.3. The summed E-state index contributed by atoms with van der Waals surface area (Å²) in [5.74, 6) is -2.56. The number of carbonyl (C=O) groups excluding carboxylic acids is 2.